The zero-order valence-corrected chi connectivity index (χ0v) is 17.3. The van der Waals surface area contributed by atoms with Crippen molar-refractivity contribution in [2.45, 2.75) is 37.6 Å². The van der Waals surface area contributed by atoms with E-state index in [4.69, 9.17) is 4.98 Å². The van der Waals surface area contributed by atoms with Crippen molar-refractivity contribution < 1.29 is 0 Å². The van der Waals surface area contributed by atoms with Crippen molar-refractivity contribution >= 4 is 17.3 Å². The molecule has 3 aromatic rings. The Morgan fingerprint density at radius 2 is 2.18 bits per heavy atom. The number of aromatic nitrogens is 4. The molecule has 1 N–H and O–H groups in total. The Morgan fingerprint density at radius 1 is 1.25 bits per heavy atom. The molecule has 1 atom stereocenters. The number of rotatable bonds is 4. The SMILES string of the molecule is CN(C)c1ncc2c(n1)C1(CCCN(Cc3ccc(-c4ccn[nH]4)s3)C1)CC2. The Bertz CT molecular complexity index is 959. The molecular weight excluding hydrogens is 368 g/mol. The number of hydrogen-bond donors (Lipinski definition) is 1. The summed E-state index contributed by atoms with van der Waals surface area (Å²) in [6.45, 7) is 3.28. The summed E-state index contributed by atoms with van der Waals surface area (Å²) in [5.74, 6) is 0.833. The summed E-state index contributed by atoms with van der Waals surface area (Å²) in [5, 5.41) is 7.13. The van der Waals surface area contributed by atoms with Gasteiger partial charge in [-0.3, -0.25) is 10.00 Å². The first-order valence-corrected chi connectivity index (χ1v) is 10.8. The van der Waals surface area contributed by atoms with Crippen molar-refractivity contribution in [2.75, 3.05) is 32.1 Å². The fourth-order valence-electron chi connectivity index (χ4n) is 4.73. The number of nitrogens with one attached hydrogen (secondary N) is 1. The van der Waals surface area contributed by atoms with Crippen LogP contribution in [0, 0.1) is 0 Å². The standard InChI is InChI=1S/C21H26N6S/c1-26(2)20-22-12-15-6-9-21(19(15)24-20)8-3-11-27(14-21)13-16-4-5-18(28-16)17-7-10-23-25-17/h4-5,7,10,12H,3,6,8-9,11,13-14H2,1-2H3,(H,23,25). The van der Waals surface area contributed by atoms with Crippen LogP contribution in [0.3, 0.4) is 0 Å². The van der Waals surface area contributed by atoms with Crippen LogP contribution in [-0.4, -0.2) is 52.3 Å². The van der Waals surface area contributed by atoms with Gasteiger partial charge < -0.3 is 4.90 Å². The fraction of sp³-hybridized carbons (Fsp3) is 0.476. The van der Waals surface area contributed by atoms with Gasteiger partial charge in [0, 0.05) is 49.9 Å². The highest BCUT2D eigenvalue weighted by Gasteiger charge is 2.43. The number of nitrogens with zero attached hydrogens (tertiary/aromatic N) is 5. The van der Waals surface area contributed by atoms with Gasteiger partial charge in [-0.25, -0.2) is 9.97 Å². The highest BCUT2D eigenvalue weighted by molar-refractivity contribution is 7.15. The second-order valence-electron chi connectivity index (χ2n) is 8.27. The number of H-pyrrole nitrogens is 1. The highest BCUT2D eigenvalue weighted by atomic mass is 32.1. The Balaban J connectivity index is 1.36. The van der Waals surface area contributed by atoms with Gasteiger partial charge in [0.25, 0.3) is 0 Å². The van der Waals surface area contributed by atoms with Crippen LogP contribution in [0.4, 0.5) is 5.95 Å². The average Bonchev–Trinajstić information content (AvgIpc) is 3.43. The van der Waals surface area contributed by atoms with E-state index in [0.29, 0.717) is 0 Å². The quantitative estimate of drug-likeness (QED) is 0.734. The molecule has 28 heavy (non-hydrogen) atoms. The molecule has 0 saturated carbocycles. The fourth-order valence-corrected chi connectivity index (χ4v) is 5.75. The third-order valence-corrected chi connectivity index (χ3v) is 7.19. The Hall–Kier alpha value is -2.25. The van der Waals surface area contributed by atoms with Crippen LogP contribution in [0.25, 0.3) is 10.6 Å². The van der Waals surface area contributed by atoms with Crippen LogP contribution in [0.15, 0.2) is 30.6 Å². The summed E-state index contributed by atoms with van der Waals surface area (Å²) in [5.41, 5.74) is 3.96. The van der Waals surface area contributed by atoms with Gasteiger partial charge in [0.15, 0.2) is 0 Å². The third kappa shape index (κ3) is 3.12. The van der Waals surface area contributed by atoms with Crippen LogP contribution in [-0.2, 0) is 18.4 Å². The molecular formula is C21H26N6S. The van der Waals surface area contributed by atoms with Gasteiger partial charge in [-0.1, -0.05) is 0 Å². The van der Waals surface area contributed by atoms with E-state index in [1.54, 1.807) is 0 Å². The van der Waals surface area contributed by atoms with E-state index in [1.807, 2.05) is 42.6 Å². The second kappa shape index (κ2) is 6.97. The van der Waals surface area contributed by atoms with E-state index in [9.17, 15) is 0 Å². The molecule has 0 bridgehead atoms. The molecule has 7 heteroatoms. The minimum Gasteiger partial charge on any atom is -0.347 e. The summed E-state index contributed by atoms with van der Waals surface area (Å²) in [6, 6.07) is 6.49. The van der Waals surface area contributed by atoms with Crippen LogP contribution < -0.4 is 4.90 Å². The smallest absolute Gasteiger partial charge is 0.225 e. The molecule has 0 aromatic carbocycles. The molecule has 0 amide bonds. The number of piperidine rings is 1. The van der Waals surface area contributed by atoms with Gasteiger partial charge in [0.05, 0.1) is 16.3 Å². The zero-order valence-electron chi connectivity index (χ0n) is 16.5. The Kier molecular flexibility index (Phi) is 4.44. The summed E-state index contributed by atoms with van der Waals surface area (Å²) in [7, 11) is 4.04. The molecule has 1 fully saturated rings. The van der Waals surface area contributed by atoms with Crippen molar-refractivity contribution in [3.05, 3.63) is 46.7 Å². The molecule has 5 rings (SSSR count). The van der Waals surface area contributed by atoms with Crippen molar-refractivity contribution in [1.82, 2.24) is 25.1 Å². The number of aryl methyl sites for hydroxylation is 1. The van der Waals surface area contributed by atoms with E-state index in [1.165, 1.54) is 46.8 Å². The topological polar surface area (TPSA) is 60.9 Å². The summed E-state index contributed by atoms with van der Waals surface area (Å²) < 4.78 is 0. The van der Waals surface area contributed by atoms with Gasteiger partial charge in [0.1, 0.15) is 0 Å². The minimum absolute atomic E-state index is 0.199. The minimum atomic E-state index is 0.199. The Labute approximate surface area is 169 Å². The number of anilines is 1. The maximum Gasteiger partial charge on any atom is 0.225 e. The van der Waals surface area contributed by atoms with E-state index in [-0.39, 0.29) is 5.41 Å². The molecule has 4 heterocycles. The Morgan fingerprint density at radius 3 is 3.00 bits per heavy atom. The maximum atomic E-state index is 4.99. The lowest BCUT2D eigenvalue weighted by atomic mass is 9.77. The lowest BCUT2D eigenvalue weighted by molar-refractivity contribution is 0.138. The van der Waals surface area contributed by atoms with Crippen molar-refractivity contribution in [1.29, 1.82) is 0 Å². The molecule has 1 aliphatic heterocycles. The molecule has 1 unspecified atom stereocenters. The third-order valence-electron chi connectivity index (χ3n) is 6.09. The summed E-state index contributed by atoms with van der Waals surface area (Å²) in [4.78, 5) is 16.8. The van der Waals surface area contributed by atoms with Gasteiger partial charge in [-0.05, 0) is 56.0 Å². The lowest BCUT2D eigenvalue weighted by Crippen LogP contribution is -2.45. The van der Waals surface area contributed by atoms with Crippen molar-refractivity contribution in [3.8, 4) is 10.6 Å². The number of thiophene rings is 1. The molecule has 1 spiro atoms. The maximum absolute atomic E-state index is 4.99. The first kappa shape index (κ1) is 17.8. The molecule has 1 aliphatic carbocycles. The number of likely N-dealkylation sites (tertiary alicyclic amines) is 1. The average molecular weight is 395 g/mol. The first-order chi connectivity index (χ1) is 13.6. The predicted octanol–water partition coefficient (Wildman–Crippen LogP) is 3.47. The number of fused-ring (bicyclic) bond motifs is 2. The zero-order chi connectivity index (χ0) is 19.1. The lowest BCUT2D eigenvalue weighted by Gasteiger charge is -2.40. The van der Waals surface area contributed by atoms with Gasteiger partial charge in [-0.2, -0.15) is 5.10 Å². The largest absolute Gasteiger partial charge is 0.347 e. The summed E-state index contributed by atoms with van der Waals surface area (Å²) in [6.07, 6.45) is 8.66. The number of hydrogen-bond acceptors (Lipinski definition) is 6. The van der Waals surface area contributed by atoms with E-state index >= 15 is 0 Å². The first-order valence-electron chi connectivity index (χ1n) is 9.97. The summed E-state index contributed by atoms with van der Waals surface area (Å²) >= 11 is 1.86. The van der Waals surface area contributed by atoms with E-state index in [2.05, 4.69) is 38.4 Å². The normalized spacial score (nSPS) is 21.9. The molecule has 2 aliphatic rings. The monoisotopic (exact) mass is 394 g/mol. The predicted molar refractivity (Wildman–Crippen MR) is 113 cm³/mol. The molecule has 3 aromatic heterocycles. The van der Waals surface area contributed by atoms with Gasteiger partial charge >= 0.3 is 0 Å². The van der Waals surface area contributed by atoms with E-state index < -0.39 is 0 Å². The second-order valence-corrected chi connectivity index (χ2v) is 9.44. The van der Waals surface area contributed by atoms with Gasteiger partial charge in [-0.15, -0.1) is 11.3 Å². The van der Waals surface area contributed by atoms with E-state index in [0.717, 1.165) is 31.2 Å². The van der Waals surface area contributed by atoms with Crippen LogP contribution in [0.5, 0.6) is 0 Å². The van der Waals surface area contributed by atoms with Crippen LogP contribution in [0.1, 0.15) is 35.4 Å². The van der Waals surface area contributed by atoms with Gasteiger partial charge in [0.2, 0.25) is 5.95 Å². The van der Waals surface area contributed by atoms with Crippen molar-refractivity contribution in [3.63, 3.8) is 0 Å². The van der Waals surface area contributed by atoms with Crippen LogP contribution in [0.2, 0.25) is 0 Å². The molecule has 1 saturated heterocycles. The number of aromatic amines is 1. The van der Waals surface area contributed by atoms with Crippen LogP contribution >= 0.6 is 11.3 Å². The molecule has 146 valence electrons. The molecule has 0 radical (unpaired) electrons. The molecule has 6 nitrogen and oxygen atoms in total. The highest BCUT2D eigenvalue weighted by Crippen LogP contribution is 2.44. The van der Waals surface area contributed by atoms with Crippen molar-refractivity contribution in [2.24, 2.45) is 0 Å².